The number of fused-ring (bicyclic) bond motifs is 1. The van der Waals surface area contributed by atoms with Crippen molar-refractivity contribution in [2.24, 2.45) is 0 Å². The summed E-state index contributed by atoms with van der Waals surface area (Å²) >= 11 is 1.55. The Morgan fingerprint density at radius 3 is 2.80 bits per heavy atom. The van der Waals surface area contributed by atoms with Crippen molar-refractivity contribution in [2.75, 3.05) is 26.2 Å². The number of benzene rings is 1. The number of aliphatic hydroxyl groups is 1. The Labute approximate surface area is 152 Å². The van der Waals surface area contributed by atoms with Crippen LogP contribution in [0.1, 0.15) is 30.7 Å². The number of likely N-dealkylation sites (tertiary alicyclic amines) is 1. The van der Waals surface area contributed by atoms with Gasteiger partial charge >= 0.3 is 0 Å². The number of para-hydroxylation sites is 1. The summed E-state index contributed by atoms with van der Waals surface area (Å²) in [6.07, 6.45) is 7.63. The van der Waals surface area contributed by atoms with Crippen molar-refractivity contribution < 1.29 is 9.90 Å². The molecule has 1 aromatic carbocycles. The van der Waals surface area contributed by atoms with E-state index >= 15 is 0 Å². The molecule has 0 bridgehead atoms. The first-order valence-corrected chi connectivity index (χ1v) is 9.74. The van der Waals surface area contributed by atoms with Crippen molar-refractivity contribution in [3.63, 3.8) is 0 Å². The Morgan fingerprint density at radius 1 is 1.28 bits per heavy atom. The van der Waals surface area contributed by atoms with Crippen LogP contribution in [0.5, 0.6) is 0 Å². The Kier molecular flexibility index (Phi) is 6.55. The minimum Gasteiger partial charge on any atom is -0.390 e. The summed E-state index contributed by atoms with van der Waals surface area (Å²) in [6.45, 7) is 2.99. The summed E-state index contributed by atoms with van der Waals surface area (Å²) in [5.74, 6) is -0.200. The maximum atomic E-state index is 11.9. The highest BCUT2D eigenvalue weighted by Gasteiger charge is 2.14. The summed E-state index contributed by atoms with van der Waals surface area (Å²) in [5.41, 5.74) is 0.945. The molecule has 25 heavy (non-hydrogen) atoms. The monoisotopic (exact) mass is 359 g/mol. The molecule has 134 valence electrons. The highest BCUT2D eigenvalue weighted by Crippen LogP contribution is 2.22. The Balaban J connectivity index is 1.43. The Bertz CT molecular complexity index is 687. The summed E-state index contributed by atoms with van der Waals surface area (Å²) < 4.78 is 1.11. The molecule has 2 N–H and O–H groups in total. The summed E-state index contributed by atoms with van der Waals surface area (Å²) in [6, 6.07) is 7.91. The molecule has 1 aromatic heterocycles. The van der Waals surface area contributed by atoms with Gasteiger partial charge < -0.3 is 15.3 Å². The number of aliphatic hydroxyl groups excluding tert-OH is 1. The third-order valence-electron chi connectivity index (χ3n) is 4.37. The van der Waals surface area contributed by atoms with Crippen molar-refractivity contribution in [1.82, 2.24) is 15.2 Å². The van der Waals surface area contributed by atoms with Gasteiger partial charge in [-0.3, -0.25) is 4.79 Å². The van der Waals surface area contributed by atoms with Crippen LogP contribution in [0.4, 0.5) is 0 Å². The van der Waals surface area contributed by atoms with Gasteiger partial charge in [0.05, 0.1) is 16.3 Å². The van der Waals surface area contributed by atoms with Crippen LogP contribution in [0.2, 0.25) is 0 Å². The quantitative estimate of drug-likeness (QED) is 0.778. The predicted octanol–water partition coefficient (Wildman–Crippen LogP) is 2.66. The van der Waals surface area contributed by atoms with Crippen molar-refractivity contribution in [1.29, 1.82) is 0 Å². The number of nitrogens with one attached hydrogen (secondary N) is 1. The topological polar surface area (TPSA) is 65.5 Å². The smallest absolute Gasteiger partial charge is 0.244 e. The average molecular weight is 359 g/mol. The van der Waals surface area contributed by atoms with Gasteiger partial charge in [0.1, 0.15) is 5.01 Å². The fourth-order valence-corrected chi connectivity index (χ4v) is 3.94. The number of carbonyl (C=O) groups is 1. The van der Waals surface area contributed by atoms with Gasteiger partial charge in [0.25, 0.3) is 0 Å². The van der Waals surface area contributed by atoms with E-state index in [1.54, 1.807) is 17.4 Å². The van der Waals surface area contributed by atoms with E-state index in [2.05, 4.69) is 15.2 Å². The fraction of sp³-hybridized carbons (Fsp3) is 0.474. The lowest BCUT2D eigenvalue weighted by Gasteiger charge is -2.23. The van der Waals surface area contributed by atoms with Gasteiger partial charge in [-0.25, -0.2) is 4.98 Å². The molecule has 1 aliphatic rings. The van der Waals surface area contributed by atoms with Gasteiger partial charge in [0.2, 0.25) is 5.91 Å². The van der Waals surface area contributed by atoms with Gasteiger partial charge in [0, 0.05) is 19.2 Å². The molecule has 0 radical (unpaired) electrons. The van der Waals surface area contributed by atoms with Crippen LogP contribution in [-0.4, -0.2) is 53.2 Å². The average Bonchev–Trinajstić information content (AvgIpc) is 2.86. The molecular formula is C19H25N3O2S. The lowest BCUT2D eigenvalue weighted by atomic mass is 10.2. The molecule has 0 aliphatic carbocycles. The van der Waals surface area contributed by atoms with Crippen LogP contribution < -0.4 is 5.32 Å². The number of hydrogen-bond acceptors (Lipinski definition) is 5. The number of carbonyl (C=O) groups excluding carboxylic acids is 1. The molecule has 0 saturated carbocycles. The summed E-state index contributed by atoms with van der Waals surface area (Å²) in [5, 5.41) is 13.7. The molecule has 2 heterocycles. The summed E-state index contributed by atoms with van der Waals surface area (Å²) in [4.78, 5) is 18.7. The minimum atomic E-state index is -0.530. The molecule has 3 rings (SSSR count). The van der Waals surface area contributed by atoms with Crippen LogP contribution in [0, 0.1) is 0 Å². The van der Waals surface area contributed by atoms with E-state index in [4.69, 9.17) is 0 Å². The van der Waals surface area contributed by atoms with Gasteiger partial charge in [-0.05, 0) is 44.1 Å². The first kappa shape index (κ1) is 18.0. The van der Waals surface area contributed by atoms with Crippen LogP contribution in [-0.2, 0) is 4.79 Å². The van der Waals surface area contributed by atoms with Crippen molar-refractivity contribution in [3.8, 4) is 0 Å². The molecule has 2 aromatic rings. The zero-order valence-electron chi connectivity index (χ0n) is 14.4. The highest BCUT2D eigenvalue weighted by molar-refractivity contribution is 7.19. The molecule has 1 unspecified atom stereocenters. The molecule has 6 heteroatoms. The van der Waals surface area contributed by atoms with E-state index in [1.807, 2.05) is 24.3 Å². The lowest BCUT2D eigenvalue weighted by Crippen LogP contribution is -2.40. The number of nitrogens with zero attached hydrogens (tertiary/aromatic N) is 2. The first-order chi connectivity index (χ1) is 12.2. The van der Waals surface area contributed by atoms with Crippen LogP contribution in [0.15, 0.2) is 30.3 Å². The number of hydrogen-bond donors (Lipinski definition) is 2. The summed E-state index contributed by atoms with van der Waals surface area (Å²) in [7, 11) is 0. The number of thiazole rings is 1. The third-order valence-corrected chi connectivity index (χ3v) is 5.37. The van der Waals surface area contributed by atoms with Crippen molar-refractivity contribution in [2.45, 2.75) is 31.8 Å². The van der Waals surface area contributed by atoms with E-state index in [0.29, 0.717) is 6.54 Å². The first-order valence-electron chi connectivity index (χ1n) is 8.92. The SMILES string of the molecule is O=C(C=Cc1nc2ccccc2s1)NCC(O)CN1CCCCCC1. The van der Waals surface area contributed by atoms with Gasteiger partial charge in [-0.1, -0.05) is 25.0 Å². The Hall–Kier alpha value is -1.76. The van der Waals surface area contributed by atoms with Gasteiger partial charge in [-0.2, -0.15) is 0 Å². The van der Waals surface area contributed by atoms with Crippen molar-refractivity contribution >= 4 is 33.5 Å². The second kappa shape index (κ2) is 9.08. The lowest BCUT2D eigenvalue weighted by molar-refractivity contribution is -0.116. The maximum absolute atomic E-state index is 11.9. The predicted molar refractivity (Wildman–Crippen MR) is 103 cm³/mol. The normalized spacial score (nSPS) is 17.6. The zero-order chi connectivity index (χ0) is 17.5. The molecular weight excluding hydrogens is 334 g/mol. The van der Waals surface area contributed by atoms with Crippen LogP contribution in [0.3, 0.4) is 0 Å². The molecule has 1 fully saturated rings. The van der Waals surface area contributed by atoms with Gasteiger partial charge in [0.15, 0.2) is 0 Å². The second-order valence-electron chi connectivity index (χ2n) is 6.47. The molecule has 1 saturated heterocycles. The number of aromatic nitrogens is 1. The van der Waals surface area contributed by atoms with E-state index in [0.717, 1.165) is 28.3 Å². The number of β-amino-alcohol motifs (C(OH)–C–C–N with tert-alkyl or cyclic N) is 1. The number of rotatable bonds is 6. The maximum Gasteiger partial charge on any atom is 0.244 e. The standard InChI is InChI=1S/C19H25N3O2S/c23-15(14-22-11-5-1-2-6-12-22)13-20-18(24)9-10-19-21-16-7-3-4-8-17(16)25-19/h3-4,7-10,15,23H,1-2,5-6,11-14H2,(H,20,24). The third kappa shape index (κ3) is 5.63. The zero-order valence-corrected chi connectivity index (χ0v) is 15.2. The molecule has 1 atom stereocenters. The van der Waals surface area contributed by atoms with E-state index in [9.17, 15) is 9.90 Å². The van der Waals surface area contributed by atoms with E-state index in [1.165, 1.54) is 31.8 Å². The molecule has 5 nitrogen and oxygen atoms in total. The Morgan fingerprint density at radius 2 is 2.04 bits per heavy atom. The van der Waals surface area contributed by atoms with E-state index < -0.39 is 6.10 Å². The fourth-order valence-electron chi connectivity index (χ4n) is 3.07. The van der Waals surface area contributed by atoms with Crippen LogP contribution in [0.25, 0.3) is 16.3 Å². The number of amides is 1. The van der Waals surface area contributed by atoms with E-state index in [-0.39, 0.29) is 12.5 Å². The second-order valence-corrected chi connectivity index (χ2v) is 7.53. The van der Waals surface area contributed by atoms with Crippen molar-refractivity contribution in [3.05, 3.63) is 35.3 Å². The molecule has 0 spiro atoms. The molecule has 1 amide bonds. The van der Waals surface area contributed by atoms with Gasteiger partial charge in [-0.15, -0.1) is 11.3 Å². The minimum absolute atomic E-state index is 0.200. The van der Waals surface area contributed by atoms with Crippen LogP contribution >= 0.6 is 11.3 Å². The molecule has 1 aliphatic heterocycles. The highest BCUT2D eigenvalue weighted by atomic mass is 32.1. The largest absolute Gasteiger partial charge is 0.390 e.